The molecule has 1 aliphatic heterocycles. The number of nitrogens with zero attached hydrogens (tertiary/aromatic N) is 2. The van der Waals surface area contributed by atoms with Crippen molar-refractivity contribution >= 4 is 33.9 Å². The summed E-state index contributed by atoms with van der Waals surface area (Å²) in [6.07, 6.45) is 8.05. The number of aromatic nitrogens is 1. The Morgan fingerprint density at radius 3 is 2.30 bits per heavy atom. The maximum atomic E-state index is 12.8. The lowest BCUT2D eigenvalue weighted by Crippen LogP contribution is -2.34. The number of carbonyl (C=O) groups is 3. The van der Waals surface area contributed by atoms with Gasteiger partial charge >= 0.3 is 5.97 Å². The van der Waals surface area contributed by atoms with Crippen LogP contribution in [-0.2, 0) is 31.4 Å². The largest absolute Gasteiger partial charge is 0.452 e. The number of nitrogens with one attached hydrogen (secondary N) is 1. The van der Waals surface area contributed by atoms with Gasteiger partial charge < -0.3 is 9.30 Å². The molecule has 1 N–H and O–H groups in total. The van der Waals surface area contributed by atoms with Gasteiger partial charge in [0, 0.05) is 32.4 Å². The van der Waals surface area contributed by atoms with Crippen molar-refractivity contribution in [1.29, 1.82) is 0 Å². The molecular formula is C23H27N3O6S. The van der Waals surface area contributed by atoms with Gasteiger partial charge in [-0.25, -0.2) is 13.2 Å². The number of imide groups is 1. The summed E-state index contributed by atoms with van der Waals surface area (Å²) in [6.45, 7) is 0.451. The molecule has 176 valence electrons. The predicted molar refractivity (Wildman–Crippen MR) is 122 cm³/mol. The third kappa shape index (κ3) is 6.62. The Balaban J connectivity index is 1.50. The maximum absolute atomic E-state index is 12.8. The van der Waals surface area contributed by atoms with E-state index in [-0.39, 0.29) is 4.90 Å². The van der Waals surface area contributed by atoms with Crippen LogP contribution in [0.3, 0.4) is 0 Å². The van der Waals surface area contributed by atoms with Gasteiger partial charge in [-0.2, -0.15) is 4.31 Å². The molecule has 0 spiro atoms. The van der Waals surface area contributed by atoms with E-state index in [2.05, 4.69) is 5.32 Å². The fourth-order valence-corrected chi connectivity index (χ4v) is 4.97. The number of rotatable bonds is 7. The monoisotopic (exact) mass is 473 g/mol. The van der Waals surface area contributed by atoms with Crippen LogP contribution in [0.2, 0.25) is 0 Å². The summed E-state index contributed by atoms with van der Waals surface area (Å²) in [5, 5.41) is 2.14. The van der Waals surface area contributed by atoms with E-state index in [9.17, 15) is 22.8 Å². The minimum Gasteiger partial charge on any atom is -0.452 e. The van der Waals surface area contributed by atoms with Crippen LogP contribution in [0.5, 0.6) is 0 Å². The molecule has 1 aromatic carbocycles. The number of amides is 2. The molecule has 0 atom stereocenters. The van der Waals surface area contributed by atoms with Crippen molar-refractivity contribution < 1.29 is 27.5 Å². The van der Waals surface area contributed by atoms with Crippen LogP contribution in [0, 0.1) is 0 Å². The van der Waals surface area contributed by atoms with Crippen LogP contribution in [0.4, 0.5) is 0 Å². The normalized spacial score (nSPS) is 15.2. The Morgan fingerprint density at radius 1 is 1.03 bits per heavy atom. The van der Waals surface area contributed by atoms with E-state index >= 15 is 0 Å². The molecule has 9 nitrogen and oxygen atoms in total. The van der Waals surface area contributed by atoms with Crippen molar-refractivity contribution in [3.63, 3.8) is 0 Å². The van der Waals surface area contributed by atoms with Crippen molar-refractivity contribution in [2.24, 2.45) is 7.05 Å². The van der Waals surface area contributed by atoms with E-state index in [1.54, 1.807) is 42.1 Å². The molecule has 0 bridgehead atoms. The van der Waals surface area contributed by atoms with Crippen molar-refractivity contribution in [3.05, 3.63) is 59.9 Å². The molecular weight excluding hydrogens is 446 g/mol. The first-order valence-electron chi connectivity index (χ1n) is 10.7. The number of sulfonamides is 1. The Hall–Kier alpha value is -3.24. The Morgan fingerprint density at radius 2 is 1.70 bits per heavy atom. The van der Waals surface area contributed by atoms with E-state index in [4.69, 9.17) is 4.74 Å². The molecule has 0 aliphatic carbocycles. The minimum absolute atomic E-state index is 0.212. The van der Waals surface area contributed by atoms with Gasteiger partial charge in [-0.1, -0.05) is 25.0 Å². The summed E-state index contributed by atoms with van der Waals surface area (Å²) in [6, 6.07) is 9.43. The third-order valence-electron chi connectivity index (χ3n) is 5.27. The second kappa shape index (κ2) is 11.1. The number of aryl methyl sites for hydroxylation is 1. The molecule has 2 aromatic rings. The second-order valence-electron chi connectivity index (χ2n) is 7.71. The quantitative estimate of drug-likeness (QED) is 0.487. The zero-order chi connectivity index (χ0) is 23.8. The first-order chi connectivity index (χ1) is 15.8. The molecule has 1 aromatic heterocycles. The summed E-state index contributed by atoms with van der Waals surface area (Å²) in [5.41, 5.74) is 0.904. The number of esters is 1. The highest BCUT2D eigenvalue weighted by Gasteiger charge is 2.24. The summed E-state index contributed by atoms with van der Waals surface area (Å²) in [5.74, 6) is -2.10. The predicted octanol–water partition coefficient (Wildman–Crippen LogP) is 2.10. The maximum Gasteiger partial charge on any atom is 0.331 e. The topological polar surface area (TPSA) is 115 Å². The molecule has 0 radical (unpaired) electrons. The summed E-state index contributed by atoms with van der Waals surface area (Å²) in [7, 11) is -1.87. The number of hydrogen-bond acceptors (Lipinski definition) is 6. The van der Waals surface area contributed by atoms with Gasteiger partial charge in [0.1, 0.15) is 5.69 Å². The van der Waals surface area contributed by atoms with Gasteiger partial charge in [-0.3, -0.25) is 14.9 Å². The molecule has 0 saturated carbocycles. The molecule has 33 heavy (non-hydrogen) atoms. The number of ether oxygens (including phenoxy) is 1. The van der Waals surface area contributed by atoms with Crippen LogP contribution in [-0.4, -0.2) is 54.8 Å². The second-order valence-corrected chi connectivity index (χ2v) is 9.65. The Labute approximate surface area is 193 Å². The zero-order valence-electron chi connectivity index (χ0n) is 18.4. The van der Waals surface area contributed by atoms with E-state index in [0.29, 0.717) is 24.3 Å². The highest BCUT2D eigenvalue weighted by molar-refractivity contribution is 7.89. The summed E-state index contributed by atoms with van der Waals surface area (Å²) in [4.78, 5) is 35.9. The number of benzene rings is 1. The lowest BCUT2D eigenvalue weighted by Gasteiger charge is -2.19. The number of carbonyl (C=O) groups excluding carboxylic acids is 3. The van der Waals surface area contributed by atoms with E-state index in [1.165, 1.54) is 22.5 Å². The summed E-state index contributed by atoms with van der Waals surface area (Å²) < 4.78 is 33.5. The molecule has 1 fully saturated rings. The molecule has 2 amide bonds. The molecule has 0 unspecified atom stereocenters. The van der Waals surface area contributed by atoms with Crippen molar-refractivity contribution in [2.75, 3.05) is 19.7 Å². The van der Waals surface area contributed by atoms with Gasteiger partial charge in [0.05, 0.1) is 4.90 Å². The van der Waals surface area contributed by atoms with Gasteiger partial charge in [0.25, 0.3) is 11.8 Å². The SMILES string of the molecule is Cn1cccc1C(=O)NC(=O)COC(=O)/C=C/c1ccc(S(=O)(=O)N2CCCCCC2)cc1. The third-order valence-corrected chi connectivity index (χ3v) is 7.18. The van der Waals surface area contributed by atoms with Gasteiger partial charge in [0.15, 0.2) is 6.61 Å². The molecule has 1 saturated heterocycles. The van der Waals surface area contributed by atoms with Crippen molar-refractivity contribution in [2.45, 2.75) is 30.6 Å². The van der Waals surface area contributed by atoms with Gasteiger partial charge in [-0.15, -0.1) is 0 Å². The first kappa shape index (κ1) is 24.4. The van der Waals surface area contributed by atoms with Crippen LogP contribution >= 0.6 is 0 Å². The lowest BCUT2D eigenvalue weighted by atomic mass is 10.2. The number of hydrogen-bond donors (Lipinski definition) is 1. The first-order valence-corrected chi connectivity index (χ1v) is 12.1. The van der Waals surface area contributed by atoms with E-state index < -0.39 is 34.4 Å². The van der Waals surface area contributed by atoms with Crippen LogP contribution in [0.1, 0.15) is 41.7 Å². The Kier molecular flexibility index (Phi) is 8.18. The van der Waals surface area contributed by atoms with Crippen molar-refractivity contribution in [3.8, 4) is 0 Å². The van der Waals surface area contributed by atoms with Gasteiger partial charge in [0.2, 0.25) is 10.0 Å². The molecule has 1 aliphatic rings. The van der Waals surface area contributed by atoms with Crippen molar-refractivity contribution in [1.82, 2.24) is 14.2 Å². The molecule has 2 heterocycles. The fourth-order valence-electron chi connectivity index (χ4n) is 3.45. The average molecular weight is 474 g/mol. The lowest BCUT2D eigenvalue weighted by molar-refractivity contribution is -0.143. The smallest absolute Gasteiger partial charge is 0.331 e. The average Bonchev–Trinajstić information content (AvgIpc) is 3.04. The molecule has 10 heteroatoms. The van der Waals surface area contributed by atoms with E-state index in [0.717, 1.165) is 31.8 Å². The highest BCUT2D eigenvalue weighted by Crippen LogP contribution is 2.21. The molecule has 3 rings (SSSR count). The minimum atomic E-state index is -3.54. The fraction of sp³-hybridized carbons (Fsp3) is 0.348. The van der Waals surface area contributed by atoms with E-state index in [1.807, 2.05) is 0 Å². The van der Waals surface area contributed by atoms with Crippen LogP contribution in [0.25, 0.3) is 6.08 Å². The standard InChI is InChI=1S/C23H27N3O6S/c1-25-14-6-7-20(25)23(29)24-21(27)17-32-22(28)13-10-18-8-11-19(12-9-18)33(30,31)26-15-4-2-3-5-16-26/h6-14H,2-5,15-17H2,1H3,(H,24,27,29)/b13-10+. The zero-order valence-corrected chi connectivity index (χ0v) is 19.2. The van der Waals surface area contributed by atoms with Crippen LogP contribution < -0.4 is 5.32 Å². The Bertz CT molecular complexity index is 1130. The highest BCUT2D eigenvalue weighted by atomic mass is 32.2. The van der Waals surface area contributed by atoms with Gasteiger partial charge in [-0.05, 0) is 48.7 Å². The summed E-state index contributed by atoms with van der Waals surface area (Å²) >= 11 is 0. The van der Waals surface area contributed by atoms with Crippen LogP contribution in [0.15, 0.2) is 53.6 Å².